The molecule has 18 heavy (non-hydrogen) atoms. The Morgan fingerprint density at radius 2 is 1.67 bits per heavy atom. The van der Waals surface area contributed by atoms with Crippen molar-refractivity contribution in [3.8, 4) is 0 Å². The second-order valence-corrected chi connectivity index (χ2v) is 6.68. The van der Waals surface area contributed by atoms with Crippen LogP contribution < -0.4 is 5.32 Å². The van der Waals surface area contributed by atoms with Gasteiger partial charge >= 0.3 is 0 Å². The van der Waals surface area contributed by atoms with E-state index in [1.807, 2.05) is 26.0 Å². The number of benzene rings is 1. The summed E-state index contributed by atoms with van der Waals surface area (Å²) in [7, 11) is 0. The van der Waals surface area contributed by atoms with Gasteiger partial charge in [0.1, 0.15) is 0 Å². The highest BCUT2D eigenvalue weighted by Crippen LogP contribution is 2.68. The van der Waals surface area contributed by atoms with Crippen molar-refractivity contribution < 1.29 is 4.79 Å². The molecule has 2 heteroatoms. The van der Waals surface area contributed by atoms with Crippen molar-refractivity contribution in [1.82, 2.24) is 0 Å². The Hall–Kier alpha value is -1.31. The third-order valence-electron chi connectivity index (χ3n) is 4.93. The molecule has 0 unspecified atom stereocenters. The zero-order valence-electron chi connectivity index (χ0n) is 12.2. The summed E-state index contributed by atoms with van der Waals surface area (Å²) in [6, 6.07) is 6.15. The van der Waals surface area contributed by atoms with Gasteiger partial charge in [-0.1, -0.05) is 39.8 Å². The standard InChI is InChI=1S/C16H23NO/c1-10-7-8-11(2)12(9-10)17-14(18)13-15(3,4)16(13,5)6/h7-9,13H,1-6H3,(H,17,18). The van der Waals surface area contributed by atoms with Crippen LogP contribution in [0.1, 0.15) is 38.8 Å². The highest BCUT2D eigenvalue weighted by molar-refractivity contribution is 5.96. The maximum Gasteiger partial charge on any atom is 0.228 e. The molecule has 1 fully saturated rings. The molecule has 98 valence electrons. The van der Waals surface area contributed by atoms with Crippen LogP contribution in [0.25, 0.3) is 0 Å². The number of carbonyl (C=O) groups is 1. The molecule has 0 radical (unpaired) electrons. The summed E-state index contributed by atoms with van der Waals surface area (Å²) in [5.41, 5.74) is 3.41. The first-order chi connectivity index (χ1) is 8.18. The number of carbonyl (C=O) groups excluding carboxylic acids is 1. The fourth-order valence-corrected chi connectivity index (χ4v) is 2.93. The molecule has 1 amide bonds. The number of amides is 1. The lowest BCUT2D eigenvalue weighted by atomic mass is 10.0. The molecule has 0 saturated heterocycles. The van der Waals surface area contributed by atoms with Crippen LogP contribution in [0.3, 0.4) is 0 Å². The van der Waals surface area contributed by atoms with Crippen molar-refractivity contribution in [3.05, 3.63) is 29.3 Å². The minimum absolute atomic E-state index is 0.0921. The normalized spacial score (nSPS) is 20.6. The minimum Gasteiger partial charge on any atom is -0.326 e. The Balaban J connectivity index is 2.17. The van der Waals surface area contributed by atoms with Gasteiger partial charge in [-0.25, -0.2) is 0 Å². The van der Waals surface area contributed by atoms with E-state index in [1.54, 1.807) is 0 Å². The summed E-state index contributed by atoms with van der Waals surface area (Å²) >= 11 is 0. The molecule has 1 aliphatic carbocycles. The first-order valence-corrected chi connectivity index (χ1v) is 6.56. The molecule has 0 bridgehead atoms. The van der Waals surface area contributed by atoms with Crippen LogP contribution in [0.5, 0.6) is 0 Å². The molecular formula is C16H23NO. The fourth-order valence-electron chi connectivity index (χ4n) is 2.93. The van der Waals surface area contributed by atoms with Crippen LogP contribution >= 0.6 is 0 Å². The zero-order valence-corrected chi connectivity index (χ0v) is 12.2. The van der Waals surface area contributed by atoms with Crippen LogP contribution in [0.2, 0.25) is 0 Å². The predicted molar refractivity (Wildman–Crippen MR) is 75.6 cm³/mol. The van der Waals surface area contributed by atoms with Crippen LogP contribution in [0.15, 0.2) is 18.2 Å². The average Bonchev–Trinajstić information content (AvgIpc) is 2.63. The van der Waals surface area contributed by atoms with E-state index in [4.69, 9.17) is 0 Å². The second-order valence-electron chi connectivity index (χ2n) is 6.68. The quantitative estimate of drug-likeness (QED) is 0.840. The largest absolute Gasteiger partial charge is 0.326 e. The fraction of sp³-hybridized carbons (Fsp3) is 0.562. The molecule has 2 rings (SSSR count). The lowest BCUT2D eigenvalue weighted by Gasteiger charge is -2.10. The molecule has 1 aromatic carbocycles. The maximum absolute atomic E-state index is 12.4. The van der Waals surface area contributed by atoms with Crippen LogP contribution in [-0.2, 0) is 4.79 Å². The van der Waals surface area contributed by atoms with E-state index in [-0.39, 0.29) is 22.7 Å². The summed E-state index contributed by atoms with van der Waals surface area (Å²) in [5.74, 6) is 0.253. The van der Waals surface area contributed by atoms with E-state index < -0.39 is 0 Å². The minimum atomic E-state index is 0.0921. The smallest absolute Gasteiger partial charge is 0.228 e. The third-order valence-corrected chi connectivity index (χ3v) is 4.93. The van der Waals surface area contributed by atoms with Crippen molar-refractivity contribution in [2.24, 2.45) is 16.7 Å². The van der Waals surface area contributed by atoms with E-state index in [2.05, 4.69) is 39.1 Å². The number of rotatable bonds is 2. The summed E-state index contributed by atoms with van der Waals surface area (Å²) in [6.45, 7) is 12.7. The molecule has 0 aliphatic heterocycles. The van der Waals surface area contributed by atoms with Crippen molar-refractivity contribution in [2.45, 2.75) is 41.5 Å². The van der Waals surface area contributed by atoms with E-state index in [0.29, 0.717) is 0 Å². The van der Waals surface area contributed by atoms with Crippen molar-refractivity contribution >= 4 is 11.6 Å². The van der Waals surface area contributed by atoms with Gasteiger partial charge in [0.25, 0.3) is 0 Å². The van der Waals surface area contributed by atoms with E-state index >= 15 is 0 Å². The van der Waals surface area contributed by atoms with Gasteiger partial charge in [0.15, 0.2) is 0 Å². The van der Waals surface area contributed by atoms with Crippen LogP contribution in [0.4, 0.5) is 5.69 Å². The molecule has 0 aromatic heterocycles. The van der Waals surface area contributed by atoms with Gasteiger partial charge in [-0.15, -0.1) is 0 Å². The van der Waals surface area contributed by atoms with Gasteiger partial charge in [-0.05, 0) is 41.9 Å². The first-order valence-electron chi connectivity index (χ1n) is 6.56. The van der Waals surface area contributed by atoms with Crippen molar-refractivity contribution in [2.75, 3.05) is 5.32 Å². The summed E-state index contributed by atoms with van der Waals surface area (Å²) in [5, 5.41) is 3.09. The Kier molecular flexibility index (Phi) is 2.80. The Morgan fingerprint density at radius 3 is 2.17 bits per heavy atom. The molecule has 1 aliphatic rings. The van der Waals surface area contributed by atoms with Gasteiger partial charge in [-0.3, -0.25) is 4.79 Å². The Morgan fingerprint density at radius 1 is 1.11 bits per heavy atom. The Bertz CT molecular complexity index is 486. The number of anilines is 1. The lowest BCUT2D eigenvalue weighted by Crippen LogP contribution is -2.18. The predicted octanol–water partition coefficient (Wildman–Crippen LogP) is 3.92. The van der Waals surface area contributed by atoms with Crippen molar-refractivity contribution in [3.63, 3.8) is 0 Å². The molecule has 0 spiro atoms. The highest BCUT2D eigenvalue weighted by atomic mass is 16.2. The van der Waals surface area contributed by atoms with Gasteiger partial charge in [0.05, 0.1) is 0 Å². The first kappa shape index (κ1) is 13.1. The van der Waals surface area contributed by atoms with E-state index in [0.717, 1.165) is 11.3 Å². The molecule has 1 N–H and O–H groups in total. The third kappa shape index (κ3) is 1.84. The molecule has 1 aromatic rings. The number of aryl methyl sites for hydroxylation is 2. The van der Waals surface area contributed by atoms with E-state index in [1.165, 1.54) is 5.56 Å². The molecule has 0 heterocycles. The van der Waals surface area contributed by atoms with Gasteiger partial charge in [0.2, 0.25) is 5.91 Å². The summed E-state index contributed by atoms with van der Waals surface area (Å²) < 4.78 is 0. The second kappa shape index (κ2) is 3.84. The SMILES string of the molecule is Cc1ccc(C)c(NC(=O)C2C(C)(C)C2(C)C)c1. The van der Waals surface area contributed by atoms with Gasteiger partial charge in [-0.2, -0.15) is 0 Å². The Labute approximate surface area is 110 Å². The number of hydrogen-bond acceptors (Lipinski definition) is 1. The zero-order chi connectivity index (χ0) is 13.7. The monoisotopic (exact) mass is 245 g/mol. The molecule has 0 atom stereocenters. The van der Waals surface area contributed by atoms with Gasteiger partial charge < -0.3 is 5.32 Å². The molecule has 1 saturated carbocycles. The van der Waals surface area contributed by atoms with Crippen LogP contribution in [-0.4, -0.2) is 5.91 Å². The van der Waals surface area contributed by atoms with Crippen molar-refractivity contribution in [1.29, 1.82) is 0 Å². The summed E-state index contributed by atoms with van der Waals surface area (Å²) in [6.07, 6.45) is 0. The number of nitrogens with one attached hydrogen (secondary N) is 1. The lowest BCUT2D eigenvalue weighted by molar-refractivity contribution is -0.118. The topological polar surface area (TPSA) is 29.1 Å². The average molecular weight is 245 g/mol. The highest BCUT2D eigenvalue weighted by Gasteiger charge is 2.68. The summed E-state index contributed by atoms with van der Waals surface area (Å²) in [4.78, 5) is 12.4. The van der Waals surface area contributed by atoms with Crippen LogP contribution in [0, 0.1) is 30.6 Å². The molecular weight excluding hydrogens is 222 g/mol. The maximum atomic E-state index is 12.4. The van der Waals surface area contributed by atoms with E-state index in [9.17, 15) is 4.79 Å². The van der Waals surface area contributed by atoms with Gasteiger partial charge in [0, 0.05) is 11.6 Å². The molecule has 2 nitrogen and oxygen atoms in total. The number of hydrogen-bond donors (Lipinski definition) is 1.